The van der Waals surface area contributed by atoms with Gasteiger partial charge in [0.05, 0.1) is 12.6 Å². The SMILES string of the molecule is CCCCn1nnnc1CNC(=NC)NC[C@H]1CCCO1. The maximum absolute atomic E-state index is 5.58. The molecular weight excluding hydrogens is 270 g/mol. The number of tetrazole rings is 1. The molecule has 0 aliphatic carbocycles. The molecule has 0 unspecified atom stereocenters. The van der Waals surface area contributed by atoms with Gasteiger partial charge in [-0.15, -0.1) is 5.10 Å². The van der Waals surface area contributed by atoms with Gasteiger partial charge >= 0.3 is 0 Å². The van der Waals surface area contributed by atoms with E-state index in [2.05, 4.69) is 38.1 Å². The first-order valence-electron chi connectivity index (χ1n) is 7.64. The average molecular weight is 295 g/mol. The van der Waals surface area contributed by atoms with Crippen LogP contribution < -0.4 is 10.6 Å². The van der Waals surface area contributed by atoms with E-state index >= 15 is 0 Å². The largest absolute Gasteiger partial charge is 0.376 e. The molecule has 0 radical (unpaired) electrons. The summed E-state index contributed by atoms with van der Waals surface area (Å²) in [4.78, 5) is 4.20. The maximum Gasteiger partial charge on any atom is 0.191 e. The number of ether oxygens (including phenoxy) is 1. The summed E-state index contributed by atoms with van der Waals surface area (Å²) in [6.07, 6.45) is 4.74. The second-order valence-electron chi connectivity index (χ2n) is 5.11. The minimum absolute atomic E-state index is 0.290. The molecule has 1 aliphatic heterocycles. The van der Waals surface area contributed by atoms with Crippen molar-refractivity contribution in [2.24, 2.45) is 4.99 Å². The van der Waals surface area contributed by atoms with Crippen molar-refractivity contribution in [3.05, 3.63) is 5.82 Å². The molecule has 1 atom stereocenters. The molecular formula is C13H25N7O. The third-order valence-electron chi connectivity index (χ3n) is 3.49. The number of aryl methyl sites for hydroxylation is 1. The first-order chi connectivity index (χ1) is 10.3. The van der Waals surface area contributed by atoms with Crippen LogP contribution in [0.15, 0.2) is 4.99 Å². The van der Waals surface area contributed by atoms with E-state index in [1.54, 1.807) is 7.05 Å². The van der Waals surface area contributed by atoms with E-state index in [0.717, 1.165) is 57.2 Å². The third-order valence-corrected chi connectivity index (χ3v) is 3.49. The molecule has 2 rings (SSSR count). The molecule has 0 bridgehead atoms. The Kier molecular flexibility index (Phi) is 6.39. The Balaban J connectivity index is 1.75. The van der Waals surface area contributed by atoms with Crippen molar-refractivity contribution in [1.82, 2.24) is 30.8 Å². The van der Waals surface area contributed by atoms with Crippen LogP contribution in [-0.4, -0.2) is 52.5 Å². The van der Waals surface area contributed by atoms with Gasteiger partial charge in [-0.2, -0.15) is 0 Å². The van der Waals surface area contributed by atoms with Crippen LogP contribution in [0.1, 0.15) is 38.4 Å². The predicted molar refractivity (Wildman–Crippen MR) is 79.9 cm³/mol. The van der Waals surface area contributed by atoms with Crippen molar-refractivity contribution in [2.45, 2.75) is 51.8 Å². The van der Waals surface area contributed by atoms with Crippen molar-refractivity contribution in [3.8, 4) is 0 Å². The van der Waals surface area contributed by atoms with Crippen molar-refractivity contribution >= 4 is 5.96 Å². The smallest absolute Gasteiger partial charge is 0.191 e. The first kappa shape index (κ1) is 15.7. The molecule has 8 heteroatoms. The number of nitrogens with zero attached hydrogens (tertiary/aromatic N) is 5. The van der Waals surface area contributed by atoms with Gasteiger partial charge in [0.25, 0.3) is 0 Å². The Morgan fingerprint density at radius 2 is 2.38 bits per heavy atom. The summed E-state index contributed by atoms with van der Waals surface area (Å²) in [7, 11) is 1.75. The minimum Gasteiger partial charge on any atom is -0.376 e. The highest BCUT2D eigenvalue weighted by Gasteiger charge is 2.15. The number of aliphatic imine (C=N–C) groups is 1. The fourth-order valence-corrected chi connectivity index (χ4v) is 2.23. The fourth-order valence-electron chi connectivity index (χ4n) is 2.23. The van der Waals surface area contributed by atoms with Crippen LogP contribution in [0.3, 0.4) is 0 Å². The van der Waals surface area contributed by atoms with Gasteiger partial charge in [0.1, 0.15) is 0 Å². The van der Waals surface area contributed by atoms with Gasteiger partial charge in [0.15, 0.2) is 11.8 Å². The lowest BCUT2D eigenvalue weighted by molar-refractivity contribution is 0.114. The van der Waals surface area contributed by atoms with Gasteiger partial charge in [0, 0.05) is 26.7 Å². The summed E-state index contributed by atoms with van der Waals surface area (Å²) >= 11 is 0. The average Bonchev–Trinajstić information content (AvgIpc) is 3.16. The van der Waals surface area contributed by atoms with Crippen LogP contribution in [0.2, 0.25) is 0 Å². The Bertz CT molecular complexity index is 439. The highest BCUT2D eigenvalue weighted by Crippen LogP contribution is 2.10. The van der Waals surface area contributed by atoms with Crippen molar-refractivity contribution in [2.75, 3.05) is 20.2 Å². The molecule has 2 N–H and O–H groups in total. The van der Waals surface area contributed by atoms with Crippen LogP contribution in [0.4, 0.5) is 0 Å². The minimum atomic E-state index is 0.290. The summed E-state index contributed by atoms with van der Waals surface area (Å²) < 4.78 is 7.42. The summed E-state index contributed by atoms with van der Waals surface area (Å²) in [6.45, 7) is 5.20. The zero-order valence-electron chi connectivity index (χ0n) is 12.9. The normalized spacial score (nSPS) is 19.0. The van der Waals surface area contributed by atoms with E-state index < -0.39 is 0 Å². The van der Waals surface area contributed by atoms with Crippen molar-refractivity contribution < 1.29 is 4.74 Å². The van der Waals surface area contributed by atoms with Gasteiger partial charge in [-0.25, -0.2) is 4.68 Å². The summed E-state index contributed by atoms with van der Waals surface area (Å²) in [5.74, 6) is 1.57. The molecule has 1 aromatic rings. The highest BCUT2D eigenvalue weighted by atomic mass is 16.5. The molecule has 0 spiro atoms. The van der Waals surface area contributed by atoms with E-state index in [-0.39, 0.29) is 0 Å². The number of aromatic nitrogens is 4. The zero-order valence-corrected chi connectivity index (χ0v) is 12.9. The number of hydrogen-bond donors (Lipinski definition) is 2. The van der Waals surface area contributed by atoms with Crippen molar-refractivity contribution in [3.63, 3.8) is 0 Å². The molecule has 1 saturated heterocycles. The second-order valence-corrected chi connectivity index (χ2v) is 5.11. The van der Waals surface area contributed by atoms with Crippen LogP contribution in [0, 0.1) is 0 Å². The number of unbranched alkanes of at least 4 members (excludes halogenated alkanes) is 1. The molecule has 0 aromatic carbocycles. The maximum atomic E-state index is 5.58. The molecule has 8 nitrogen and oxygen atoms in total. The number of hydrogen-bond acceptors (Lipinski definition) is 5. The standard InChI is InChI=1S/C13H25N7O/c1-3-4-7-20-12(17-18-19-20)10-16-13(14-2)15-9-11-6-5-8-21-11/h11H,3-10H2,1-2H3,(H2,14,15,16)/t11-/m1/s1. The number of guanidine groups is 1. The van der Waals surface area contributed by atoms with Gasteiger partial charge in [-0.3, -0.25) is 4.99 Å². The van der Waals surface area contributed by atoms with Crippen LogP contribution in [0.5, 0.6) is 0 Å². The van der Waals surface area contributed by atoms with Gasteiger partial charge in [0.2, 0.25) is 0 Å². The fraction of sp³-hybridized carbons (Fsp3) is 0.846. The van der Waals surface area contributed by atoms with Crippen LogP contribution in [0.25, 0.3) is 0 Å². The molecule has 1 fully saturated rings. The molecule has 21 heavy (non-hydrogen) atoms. The Morgan fingerprint density at radius 1 is 1.48 bits per heavy atom. The summed E-state index contributed by atoms with van der Waals surface area (Å²) in [5.41, 5.74) is 0. The van der Waals surface area contributed by atoms with E-state index in [4.69, 9.17) is 4.74 Å². The zero-order chi connectivity index (χ0) is 14.9. The molecule has 0 saturated carbocycles. The monoisotopic (exact) mass is 295 g/mol. The van der Waals surface area contributed by atoms with Gasteiger partial charge < -0.3 is 15.4 Å². The molecule has 0 amide bonds. The van der Waals surface area contributed by atoms with Crippen LogP contribution in [-0.2, 0) is 17.8 Å². The lowest BCUT2D eigenvalue weighted by Gasteiger charge is -2.14. The quantitative estimate of drug-likeness (QED) is 0.556. The molecule has 118 valence electrons. The predicted octanol–water partition coefficient (Wildman–Crippen LogP) is 0.317. The second kappa shape index (κ2) is 8.56. The lowest BCUT2D eigenvalue weighted by atomic mass is 10.2. The number of nitrogens with one attached hydrogen (secondary N) is 2. The number of rotatable bonds is 7. The van der Waals surface area contributed by atoms with Crippen LogP contribution >= 0.6 is 0 Å². The van der Waals surface area contributed by atoms with Gasteiger partial charge in [-0.1, -0.05) is 13.3 Å². The van der Waals surface area contributed by atoms with E-state index in [1.807, 2.05) is 4.68 Å². The molecule has 1 aliphatic rings. The van der Waals surface area contributed by atoms with Crippen molar-refractivity contribution in [1.29, 1.82) is 0 Å². The topological polar surface area (TPSA) is 89.3 Å². The van der Waals surface area contributed by atoms with E-state index in [1.165, 1.54) is 0 Å². The Labute approximate surface area is 125 Å². The Hall–Kier alpha value is -1.70. The third kappa shape index (κ3) is 4.96. The highest BCUT2D eigenvalue weighted by molar-refractivity contribution is 5.79. The first-order valence-corrected chi connectivity index (χ1v) is 7.64. The summed E-state index contributed by atoms with van der Waals surface area (Å²) in [5, 5.41) is 18.3. The van der Waals surface area contributed by atoms with E-state index in [0.29, 0.717) is 12.6 Å². The molecule has 2 heterocycles. The summed E-state index contributed by atoms with van der Waals surface area (Å²) in [6, 6.07) is 0. The van der Waals surface area contributed by atoms with Gasteiger partial charge in [-0.05, 0) is 29.7 Å². The van der Waals surface area contributed by atoms with E-state index in [9.17, 15) is 0 Å². The lowest BCUT2D eigenvalue weighted by Crippen LogP contribution is -2.41. The molecule has 1 aromatic heterocycles. The Morgan fingerprint density at radius 3 is 3.10 bits per heavy atom.